The van der Waals surface area contributed by atoms with Crippen LogP contribution in [-0.4, -0.2) is 25.8 Å². The SMILES string of the molecule is c1ccc2oc(NC3CCc4ncnn4C3)nc2c1. The van der Waals surface area contributed by atoms with Gasteiger partial charge < -0.3 is 9.73 Å². The Balaban J connectivity index is 1.55. The summed E-state index contributed by atoms with van der Waals surface area (Å²) in [5.41, 5.74) is 1.68. The Labute approximate surface area is 109 Å². The third-order valence-electron chi connectivity index (χ3n) is 3.43. The molecular formula is C13H13N5O. The van der Waals surface area contributed by atoms with Crippen LogP contribution in [0.1, 0.15) is 12.2 Å². The molecule has 0 fully saturated rings. The lowest BCUT2D eigenvalue weighted by Gasteiger charge is -2.22. The topological polar surface area (TPSA) is 68.8 Å². The van der Waals surface area contributed by atoms with Gasteiger partial charge in [-0.1, -0.05) is 12.1 Å². The lowest BCUT2D eigenvalue weighted by molar-refractivity contribution is 0.432. The van der Waals surface area contributed by atoms with Crippen LogP contribution in [0.25, 0.3) is 11.1 Å². The molecule has 0 aliphatic carbocycles. The van der Waals surface area contributed by atoms with Gasteiger partial charge in [0.25, 0.3) is 6.01 Å². The number of aryl methyl sites for hydroxylation is 1. The number of fused-ring (bicyclic) bond motifs is 2. The maximum atomic E-state index is 5.67. The van der Waals surface area contributed by atoms with Crippen LogP contribution in [0.5, 0.6) is 0 Å². The molecular weight excluding hydrogens is 242 g/mol. The number of oxazole rings is 1. The van der Waals surface area contributed by atoms with Crippen molar-refractivity contribution in [3.8, 4) is 0 Å². The molecule has 1 atom stereocenters. The molecule has 1 aliphatic heterocycles. The van der Waals surface area contributed by atoms with Crippen molar-refractivity contribution in [1.29, 1.82) is 0 Å². The average Bonchev–Trinajstić information content (AvgIpc) is 3.03. The third kappa shape index (κ3) is 1.85. The fourth-order valence-electron chi connectivity index (χ4n) is 2.46. The third-order valence-corrected chi connectivity index (χ3v) is 3.43. The summed E-state index contributed by atoms with van der Waals surface area (Å²) >= 11 is 0. The highest BCUT2D eigenvalue weighted by molar-refractivity contribution is 5.74. The molecule has 3 heterocycles. The highest BCUT2D eigenvalue weighted by Crippen LogP contribution is 2.21. The maximum absolute atomic E-state index is 5.67. The van der Waals surface area contributed by atoms with Gasteiger partial charge >= 0.3 is 0 Å². The zero-order chi connectivity index (χ0) is 12.7. The summed E-state index contributed by atoms with van der Waals surface area (Å²) in [6.07, 6.45) is 3.55. The minimum absolute atomic E-state index is 0.280. The zero-order valence-corrected chi connectivity index (χ0v) is 10.3. The Hall–Kier alpha value is -2.37. The van der Waals surface area contributed by atoms with Gasteiger partial charge in [-0.3, -0.25) is 0 Å². The van der Waals surface area contributed by atoms with E-state index in [1.807, 2.05) is 28.9 Å². The Kier molecular flexibility index (Phi) is 2.26. The highest BCUT2D eigenvalue weighted by atomic mass is 16.4. The molecule has 1 aliphatic rings. The standard InChI is InChI=1S/C13H13N5O/c1-2-4-11-10(3-1)17-13(19-11)16-9-5-6-12-14-8-15-18(12)7-9/h1-4,8-9H,5-7H2,(H,16,17). The van der Waals surface area contributed by atoms with E-state index in [0.717, 1.165) is 36.3 Å². The van der Waals surface area contributed by atoms with E-state index in [1.165, 1.54) is 0 Å². The predicted octanol–water partition coefficient (Wildman–Crippen LogP) is 1.85. The van der Waals surface area contributed by atoms with Crippen molar-refractivity contribution in [2.75, 3.05) is 5.32 Å². The average molecular weight is 255 g/mol. The molecule has 0 amide bonds. The van der Waals surface area contributed by atoms with Gasteiger partial charge in [-0.15, -0.1) is 0 Å². The Bertz CT molecular complexity index is 683. The van der Waals surface area contributed by atoms with E-state index < -0.39 is 0 Å². The number of nitrogens with one attached hydrogen (secondary N) is 1. The first-order valence-corrected chi connectivity index (χ1v) is 6.37. The van der Waals surface area contributed by atoms with Gasteiger partial charge in [-0.05, 0) is 18.6 Å². The van der Waals surface area contributed by atoms with Crippen LogP contribution < -0.4 is 5.32 Å². The van der Waals surface area contributed by atoms with E-state index in [1.54, 1.807) is 6.33 Å². The van der Waals surface area contributed by atoms with E-state index in [2.05, 4.69) is 20.4 Å². The van der Waals surface area contributed by atoms with Crippen LogP contribution >= 0.6 is 0 Å². The first kappa shape index (κ1) is 10.5. The van der Waals surface area contributed by atoms with Crippen LogP contribution in [0.15, 0.2) is 35.0 Å². The van der Waals surface area contributed by atoms with E-state index >= 15 is 0 Å². The minimum Gasteiger partial charge on any atom is -0.424 e. The molecule has 1 aromatic carbocycles. The molecule has 2 aromatic heterocycles. The van der Waals surface area contributed by atoms with Crippen molar-refractivity contribution in [2.24, 2.45) is 0 Å². The second-order valence-electron chi connectivity index (χ2n) is 4.73. The monoisotopic (exact) mass is 255 g/mol. The normalized spacial score (nSPS) is 18.4. The van der Waals surface area contributed by atoms with Crippen LogP contribution in [0, 0.1) is 0 Å². The summed E-state index contributed by atoms with van der Waals surface area (Å²) in [5, 5.41) is 7.54. The molecule has 0 bridgehead atoms. The molecule has 19 heavy (non-hydrogen) atoms. The van der Waals surface area contributed by atoms with Gasteiger partial charge in [0.1, 0.15) is 17.7 Å². The predicted molar refractivity (Wildman–Crippen MR) is 69.8 cm³/mol. The van der Waals surface area contributed by atoms with Gasteiger partial charge in [-0.25, -0.2) is 9.67 Å². The molecule has 0 spiro atoms. The number of anilines is 1. The lowest BCUT2D eigenvalue weighted by Crippen LogP contribution is -2.32. The van der Waals surface area contributed by atoms with E-state index in [9.17, 15) is 0 Å². The molecule has 6 heteroatoms. The number of rotatable bonds is 2. The first-order valence-electron chi connectivity index (χ1n) is 6.37. The van der Waals surface area contributed by atoms with Gasteiger partial charge in [0.2, 0.25) is 0 Å². The van der Waals surface area contributed by atoms with Crippen LogP contribution in [0.3, 0.4) is 0 Å². The van der Waals surface area contributed by atoms with Crippen LogP contribution in [0.4, 0.5) is 6.01 Å². The Morgan fingerprint density at radius 2 is 2.26 bits per heavy atom. The summed E-state index contributed by atoms with van der Waals surface area (Å²) in [7, 11) is 0. The number of hydrogen-bond donors (Lipinski definition) is 1. The zero-order valence-electron chi connectivity index (χ0n) is 10.3. The van der Waals surface area contributed by atoms with Crippen LogP contribution in [0.2, 0.25) is 0 Å². The molecule has 0 saturated carbocycles. The Morgan fingerprint density at radius 1 is 1.32 bits per heavy atom. The van der Waals surface area contributed by atoms with Crippen molar-refractivity contribution in [3.05, 3.63) is 36.4 Å². The number of aromatic nitrogens is 4. The smallest absolute Gasteiger partial charge is 0.295 e. The van der Waals surface area contributed by atoms with Crippen LogP contribution in [-0.2, 0) is 13.0 Å². The highest BCUT2D eigenvalue weighted by Gasteiger charge is 2.21. The van der Waals surface area contributed by atoms with Crippen molar-refractivity contribution in [2.45, 2.75) is 25.4 Å². The van der Waals surface area contributed by atoms with E-state index in [0.29, 0.717) is 6.01 Å². The lowest BCUT2D eigenvalue weighted by atomic mass is 10.1. The number of para-hydroxylation sites is 2. The van der Waals surface area contributed by atoms with Crippen molar-refractivity contribution < 1.29 is 4.42 Å². The van der Waals surface area contributed by atoms with Crippen molar-refractivity contribution in [3.63, 3.8) is 0 Å². The summed E-state index contributed by atoms with van der Waals surface area (Å²) < 4.78 is 7.61. The molecule has 1 unspecified atom stereocenters. The Morgan fingerprint density at radius 3 is 3.21 bits per heavy atom. The summed E-state index contributed by atoms with van der Waals surface area (Å²) in [6, 6.07) is 8.62. The summed E-state index contributed by atoms with van der Waals surface area (Å²) in [6.45, 7) is 0.800. The quantitative estimate of drug-likeness (QED) is 0.756. The van der Waals surface area contributed by atoms with Gasteiger partial charge in [-0.2, -0.15) is 10.1 Å². The minimum atomic E-state index is 0.280. The number of hydrogen-bond acceptors (Lipinski definition) is 5. The molecule has 96 valence electrons. The molecule has 4 rings (SSSR count). The summed E-state index contributed by atoms with van der Waals surface area (Å²) in [5.74, 6) is 1.05. The molecule has 6 nitrogen and oxygen atoms in total. The second-order valence-corrected chi connectivity index (χ2v) is 4.73. The van der Waals surface area contributed by atoms with Gasteiger partial charge in [0.15, 0.2) is 5.58 Å². The van der Waals surface area contributed by atoms with Gasteiger partial charge in [0.05, 0.1) is 12.6 Å². The maximum Gasteiger partial charge on any atom is 0.295 e. The van der Waals surface area contributed by atoms with Crippen molar-refractivity contribution >= 4 is 17.1 Å². The molecule has 3 aromatic rings. The first-order chi connectivity index (χ1) is 9.38. The molecule has 0 saturated heterocycles. The van der Waals surface area contributed by atoms with Gasteiger partial charge in [0, 0.05) is 6.42 Å². The summed E-state index contributed by atoms with van der Waals surface area (Å²) in [4.78, 5) is 8.65. The van der Waals surface area contributed by atoms with E-state index in [4.69, 9.17) is 4.42 Å². The molecule has 0 radical (unpaired) electrons. The fourth-order valence-corrected chi connectivity index (χ4v) is 2.46. The van der Waals surface area contributed by atoms with E-state index in [-0.39, 0.29) is 6.04 Å². The number of nitrogens with zero attached hydrogens (tertiary/aromatic N) is 4. The fraction of sp³-hybridized carbons (Fsp3) is 0.308. The molecule has 1 N–H and O–H groups in total. The second kappa shape index (κ2) is 4.08. The van der Waals surface area contributed by atoms with Crippen molar-refractivity contribution in [1.82, 2.24) is 19.7 Å². The largest absolute Gasteiger partial charge is 0.424 e. The number of benzene rings is 1.